The summed E-state index contributed by atoms with van der Waals surface area (Å²) in [6.45, 7) is 0.0382. The second-order valence-electron chi connectivity index (χ2n) is 6.96. The molecule has 4 rings (SSSR count). The third kappa shape index (κ3) is 3.96. The van der Waals surface area contributed by atoms with Crippen molar-refractivity contribution in [3.63, 3.8) is 0 Å². The molecule has 3 aromatic carbocycles. The maximum Gasteiger partial charge on any atom is 0.244 e. The summed E-state index contributed by atoms with van der Waals surface area (Å²) < 4.78 is 41.9. The topological polar surface area (TPSA) is 66.5 Å². The molecule has 0 saturated heterocycles. The minimum absolute atomic E-state index is 0.00481. The molecular weight excluding hydrogens is 427 g/mol. The van der Waals surface area contributed by atoms with E-state index in [1.54, 1.807) is 6.07 Å². The van der Waals surface area contributed by atoms with Gasteiger partial charge in [0, 0.05) is 11.6 Å². The minimum Gasteiger partial charge on any atom is -0.322 e. The largest absolute Gasteiger partial charge is 0.322 e. The quantitative estimate of drug-likeness (QED) is 0.654. The lowest BCUT2D eigenvalue weighted by atomic mass is 9.95. The van der Waals surface area contributed by atoms with Gasteiger partial charge in [0.2, 0.25) is 15.9 Å². The number of carbonyl (C=O) groups excluding carboxylic acids is 1. The number of amides is 1. The van der Waals surface area contributed by atoms with Gasteiger partial charge in [-0.15, -0.1) is 0 Å². The lowest BCUT2D eigenvalue weighted by molar-refractivity contribution is -0.120. The van der Waals surface area contributed by atoms with Gasteiger partial charge in [-0.25, -0.2) is 12.8 Å². The Kier molecular flexibility index (Phi) is 5.60. The van der Waals surface area contributed by atoms with Crippen molar-refractivity contribution in [3.8, 4) is 0 Å². The van der Waals surface area contributed by atoms with Gasteiger partial charge in [0.15, 0.2) is 0 Å². The van der Waals surface area contributed by atoms with Crippen LogP contribution in [0.25, 0.3) is 0 Å². The molecule has 1 amide bonds. The summed E-state index contributed by atoms with van der Waals surface area (Å²) in [5.41, 5.74) is 1.71. The second-order valence-corrected chi connectivity index (χ2v) is 9.29. The zero-order valence-electron chi connectivity index (χ0n) is 15.8. The third-order valence-electron chi connectivity index (χ3n) is 5.06. The third-order valence-corrected chi connectivity index (χ3v) is 7.18. The van der Waals surface area contributed by atoms with E-state index in [0.29, 0.717) is 5.02 Å². The lowest BCUT2D eigenvalue weighted by Crippen LogP contribution is -2.50. The zero-order valence-corrected chi connectivity index (χ0v) is 17.3. The summed E-state index contributed by atoms with van der Waals surface area (Å²) in [5.74, 6) is -1.18. The molecule has 5 nitrogen and oxygen atoms in total. The van der Waals surface area contributed by atoms with Crippen molar-refractivity contribution in [3.05, 3.63) is 94.8 Å². The highest BCUT2D eigenvalue weighted by Gasteiger charge is 2.39. The van der Waals surface area contributed by atoms with Crippen LogP contribution in [0, 0.1) is 5.82 Å². The van der Waals surface area contributed by atoms with E-state index < -0.39 is 27.8 Å². The highest BCUT2D eigenvalue weighted by molar-refractivity contribution is 7.89. The molecule has 0 aliphatic carbocycles. The van der Waals surface area contributed by atoms with E-state index in [4.69, 9.17) is 11.6 Å². The van der Waals surface area contributed by atoms with Crippen molar-refractivity contribution in [2.24, 2.45) is 0 Å². The summed E-state index contributed by atoms with van der Waals surface area (Å²) in [5, 5.41) is 2.94. The van der Waals surface area contributed by atoms with Crippen LogP contribution >= 0.6 is 11.6 Å². The molecule has 0 radical (unpaired) electrons. The minimum atomic E-state index is -4.00. The van der Waals surface area contributed by atoms with Crippen molar-refractivity contribution in [2.45, 2.75) is 23.9 Å². The Bertz CT molecular complexity index is 1200. The molecule has 0 fully saturated rings. The van der Waals surface area contributed by atoms with Gasteiger partial charge in [-0.3, -0.25) is 4.79 Å². The number of fused-ring (bicyclic) bond motifs is 1. The van der Waals surface area contributed by atoms with Gasteiger partial charge in [0.1, 0.15) is 11.9 Å². The average molecular weight is 445 g/mol. The Balaban J connectivity index is 1.73. The van der Waals surface area contributed by atoms with Crippen molar-refractivity contribution < 1.29 is 17.6 Å². The van der Waals surface area contributed by atoms with Crippen LogP contribution in [0.2, 0.25) is 5.02 Å². The molecule has 1 heterocycles. The Labute approximate surface area is 179 Å². The van der Waals surface area contributed by atoms with E-state index in [-0.39, 0.29) is 23.5 Å². The Morgan fingerprint density at radius 1 is 0.967 bits per heavy atom. The second kappa shape index (κ2) is 8.18. The number of rotatable bonds is 4. The van der Waals surface area contributed by atoms with Gasteiger partial charge in [-0.05, 0) is 53.9 Å². The number of sulfonamides is 1. The number of hydrogen-bond donors (Lipinski definition) is 1. The fourth-order valence-electron chi connectivity index (χ4n) is 3.50. The number of anilines is 1. The van der Waals surface area contributed by atoms with Crippen LogP contribution in [0.15, 0.2) is 77.7 Å². The van der Waals surface area contributed by atoms with Crippen molar-refractivity contribution in [1.29, 1.82) is 0 Å². The monoisotopic (exact) mass is 444 g/mol. The Morgan fingerprint density at radius 2 is 1.60 bits per heavy atom. The van der Waals surface area contributed by atoms with Gasteiger partial charge in [-0.2, -0.15) is 4.31 Å². The molecule has 1 atom stereocenters. The van der Waals surface area contributed by atoms with Crippen molar-refractivity contribution in [2.75, 3.05) is 5.32 Å². The molecule has 1 aliphatic rings. The van der Waals surface area contributed by atoms with Crippen LogP contribution in [0.3, 0.4) is 0 Å². The van der Waals surface area contributed by atoms with Gasteiger partial charge in [-0.1, -0.05) is 48.0 Å². The van der Waals surface area contributed by atoms with Gasteiger partial charge in [0.25, 0.3) is 0 Å². The number of nitrogens with zero attached hydrogens (tertiary/aromatic N) is 1. The molecule has 8 heteroatoms. The lowest BCUT2D eigenvalue weighted by Gasteiger charge is -2.35. The van der Waals surface area contributed by atoms with E-state index in [0.717, 1.165) is 15.4 Å². The Hall–Kier alpha value is -2.74. The Morgan fingerprint density at radius 3 is 2.30 bits per heavy atom. The first-order valence-corrected chi connectivity index (χ1v) is 11.1. The van der Waals surface area contributed by atoms with Gasteiger partial charge in [0.05, 0.1) is 10.6 Å². The smallest absolute Gasteiger partial charge is 0.244 e. The van der Waals surface area contributed by atoms with Gasteiger partial charge >= 0.3 is 0 Å². The number of nitrogens with one attached hydrogen (secondary N) is 1. The van der Waals surface area contributed by atoms with Gasteiger partial charge < -0.3 is 5.32 Å². The molecule has 0 saturated carbocycles. The van der Waals surface area contributed by atoms with Crippen LogP contribution in [0.4, 0.5) is 10.1 Å². The van der Waals surface area contributed by atoms with Crippen LogP contribution in [0.5, 0.6) is 0 Å². The van der Waals surface area contributed by atoms with Crippen molar-refractivity contribution >= 4 is 33.2 Å². The molecule has 0 aromatic heterocycles. The van der Waals surface area contributed by atoms with E-state index in [1.807, 2.05) is 24.3 Å². The van der Waals surface area contributed by atoms with Crippen LogP contribution in [-0.2, 0) is 27.8 Å². The first kappa shape index (κ1) is 20.5. The zero-order chi connectivity index (χ0) is 21.3. The molecule has 0 spiro atoms. The molecule has 1 aliphatic heterocycles. The predicted molar refractivity (Wildman–Crippen MR) is 113 cm³/mol. The van der Waals surface area contributed by atoms with E-state index in [9.17, 15) is 17.6 Å². The predicted octanol–water partition coefficient (Wildman–Crippen LogP) is 4.23. The first-order valence-electron chi connectivity index (χ1n) is 9.26. The van der Waals surface area contributed by atoms with E-state index in [2.05, 4.69) is 5.32 Å². The summed E-state index contributed by atoms with van der Waals surface area (Å²) in [4.78, 5) is 13.1. The number of carbonyl (C=O) groups is 1. The molecule has 30 heavy (non-hydrogen) atoms. The van der Waals surface area contributed by atoms with E-state index in [1.165, 1.54) is 42.5 Å². The molecule has 1 unspecified atom stereocenters. The molecule has 1 N–H and O–H groups in total. The highest BCUT2D eigenvalue weighted by atomic mass is 35.5. The van der Waals surface area contributed by atoms with Crippen LogP contribution in [0.1, 0.15) is 11.1 Å². The highest BCUT2D eigenvalue weighted by Crippen LogP contribution is 2.30. The normalized spacial score (nSPS) is 16.7. The molecular formula is C22H18ClFN2O3S. The fourth-order valence-corrected chi connectivity index (χ4v) is 5.19. The maximum atomic E-state index is 14.0. The summed E-state index contributed by atoms with van der Waals surface area (Å²) in [7, 11) is -4.00. The molecule has 154 valence electrons. The average Bonchev–Trinajstić information content (AvgIpc) is 2.74. The standard InChI is InChI=1S/C22H18ClFN2O3S/c23-17-9-11-18(12-10-17)30(28,29)26-14-16-6-2-1-5-15(16)13-21(26)22(27)25-20-8-4-3-7-19(20)24/h1-12,21H,13-14H2,(H,25,27). The first-order chi connectivity index (χ1) is 14.4. The molecule has 3 aromatic rings. The summed E-state index contributed by atoms with van der Waals surface area (Å²) in [6.07, 6.45) is 0.184. The fraction of sp³-hybridized carbons (Fsp3) is 0.136. The summed E-state index contributed by atoms with van der Waals surface area (Å²) in [6, 6.07) is 17.9. The number of benzene rings is 3. The van der Waals surface area contributed by atoms with E-state index >= 15 is 0 Å². The van der Waals surface area contributed by atoms with Crippen LogP contribution < -0.4 is 5.32 Å². The number of halogens is 2. The maximum absolute atomic E-state index is 14.0. The summed E-state index contributed by atoms with van der Waals surface area (Å²) >= 11 is 5.89. The number of para-hydroxylation sites is 1. The van der Waals surface area contributed by atoms with Crippen molar-refractivity contribution in [1.82, 2.24) is 4.31 Å². The SMILES string of the molecule is O=C(Nc1ccccc1F)C1Cc2ccccc2CN1S(=O)(=O)c1ccc(Cl)cc1. The van der Waals surface area contributed by atoms with Crippen LogP contribution in [-0.4, -0.2) is 24.7 Å². The molecule has 0 bridgehead atoms. The number of hydrogen-bond acceptors (Lipinski definition) is 3.